The Bertz CT molecular complexity index is 894. The van der Waals surface area contributed by atoms with E-state index in [9.17, 15) is 9.59 Å². The van der Waals surface area contributed by atoms with Gasteiger partial charge in [-0.25, -0.2) is 0 Å². The summed E-state index contributed by atoms with van der Waals surface area (Å²) < 4.78 is 21.6. The van der Waals surface area contributed by atoms with Crippen molar-refractivity contribution in [2.75, 3.05) is 34.0 Å². The van der Waals surface area contributed by atoms with Gasteiger partial charge in [0, 0.05) is 6.54 Å². The number of hydrogen-bond acceptors (Lipinski definition) is 6. The third kappa shape index (κ3) is 7.68. The lowest BCUT2D eigenvalue weighted by Gasteiger charge is -2.31. The molecule has 8 nitrogen and oxygen atoms in total. The highest BCUT2D eigenvalue weighted by Crippen LogP contribution is 2.26. The Morgan fingerprint density at radius 3 is 1.66 bits per heavy atom. The molecule has 8 heteroatoms. The van der Waals surface area contributed by atoms with Crippen molar-refractivity contribution in [2.24, 2.45) is 5.41 Å². The van der Waals surface area contributed by atoms with Crippen LogP contribution in [0.5, 0.6) is 23.0 Å². The van der Waals surface area contributed by atoms with Crippen LogP contribution in [0.2, 0.25) is 0 Å². The van der Waals surface area contributed by atoms with E-state index in [-0.39, 0.29) is 43.0 Å². The number of methoxy groups -OCH3 is 2. The van der Waals surface area contributed by atoms with Crippen molar-refractivity contribution in [3.05, 3.63) is 48.5 Å². The van der Waals surface area contributed by atoms with E-state index in [0.29, 0.717) is 23.0 Å². The van der Waals surface area contributed by atoms with E-state index in [1.165, 1.54) is 14.2 Å². The van der Waals surface area contributed by atoms with Crippen LogP contribution in [0.4, 0.5) is 0 Å². The van der Waals surface area contributed by atoms with E-state index in [1.807, 2.05) is 32.9 Å². The maximum atomic E-state index is 12.5. The summed E-state index contributed by atoms with van der Waals surface area (Å²) in [6.45, 7) is 5.86. The van der Waals surface area contributed by atoms with Gasteiger partial charge < -0.3 is 29.6 Å². The Morgan fingerprint density at radius 1 is 0.781 bits per heavy atom. The molecule has 2 rings (SSSR count). The van der Waals surface area contributed by atoms with Gasteiger partial charge in [-0.15, -0.1) is 0 Å². The van der Waals surface area contributed by atoms with Gasteiger partial charge in [0.2, 0.25) is 0 Å². The van der Waals surface area contributed by atoms with Crippen molar-refractivity contribution < 1.29 is 28.5 Å². The van der Waals surface area contributed by atoms with E-state index in [4.69, 9.17) is 18.9 Å². The summed E-state index contributed by atoms with van der Waals surface area (Å²) in [5.41, 5.74) is -0.295. The van der Waals surface area contributed by atoms with E-state index >= 15 is 0 Å². The summed E-state index contributed by atoms with van der Waals surface area (Å²) in [5, 5.41) is 5.75. The zero-order valence-electron chi connectivity index (χ0n) is 19.3. The smallest absolute Gasteiger partial charge is 0.258 e. The molecule has 0 bridgehead atoms. The van der Waals surface area contributed by atoms with Crippen molar-refractivity contribution in [1.82, 2.24) is 10.6 Å². The fourth-order valence-corrected chi connectivity index (χ4v) is 2.84. The maximum absolute atomic E-state index is 12.5. The number of benzene rings is 2. The molecule has 0 saturated carbocycles. The van der Waals surface area contributed by atoms with Crippen LogP contribution in [0.3, 0.4) is 0 Å². The van der Waals surface area contributed by atoms with Gasteiger partial charge in [0.05, 0.1) is 20.3 Å². The Hall–Kier alpha value is -3.42. The molecule has 174 valence electrons. The maximum Gasteiger partial charge on any atom is 0.258 e. The molecule has 0 radical (unpaired) electrons. The van der Waals surface area contributed by atoms with Crippen LogP contribution in [-0.2, 0) is 9.59 Å². The van der Waals surface area contributed by atoms with E-state index < -0.39 is 0 Å². The number of carbonyl (C=O) groups is 2. The highest BCUT2D eigenvalue weighted by Gasteiger charge is 2.27. The topological polar surface area (TPSA) is 95.1 Å². The number of ether oxygens (including phenoxy) is 4. The van der Waals surface area contributed by atoms with Crippen LogP contribution in [0.1, 0.15) is 20.8 Å². The summed E-state index contributed by atoms with van der Waals surface area (Å²) in [4.78, 5) is 24.8. The first-order valence-corrected chi connectivity index (χ1v) is 10.3. The minimum Gasteiger partial charge on any atom is -0.493 e. The lowest BCUT2D eigenvalue weighted by Crippen LogP contribution is -2.52. The monoisotopic (exact) mass is 444 g/mol. The molecule has 0 aliphatic rings. The second-order valence-corrected chi connectivity index (χ2v) is 8.17. The van der Waals surface area contributed by atoms with Crippen molar-refractivity contribution in [3.8, 4) is 23.0 Å². The molecule has 0 heterocycles. The number of amides is 2. The second-order valence-electron chi connectivity index (χ2n) is 8.17. The van der Waals surface area contributed by atoms with Gasteiger partial charge in [-0.05, 0) is 29.7 Å². The summed E-state index contributed by atoms with van der Waals surface area (Å²) in [6.07, 6.45) is 0. The van der Waals surface area contributed by atoms with Gasteiger partial charge >= 0.3 is 0 Å². The number of carbonyl (C=O) groups excluding carboxylic acids is 2. The average Bonchev–Trinajstić information content (AvgIpc) is 2.78. The highest BCUT2D eigenvalue weighted by atomic mass is 16.5. The van der Waals surface area contributed by atoms with Crippen molar-refractivity contribution in [2.45, 2.75) is 26.8 Å². The number of hydrogen-bond donors (Lipinski definition) is 2. The van der Waals surface area contributed by atoms with Crippen LogP contribution in [-0.4, -0.2) is 51.8 Å². The normalized spacial score (nSPS) is 11.8. The fraction of sp³-hybridized carbons (Fsp3) is 0.417. The van der Waals surface area contributed by atoms with Gasteiger partial charge in [-0.3, -0.25) is 9.59 Å². The Balaban J connectivity index is 1.86. The van der Waals surface area contributed by atoms with Gasteiger partial charge in [0.15, 0.2) is 36.2 Å². The number of rotatable bonds is 11. The van der Waals surface area contributed by atoms with Crippen molar-refractivity contribution in [1.29, 1.82) is 0 Å². The summed E-state index contributed by atoms with van der Waals surface area (Å²) in [7, 11) is 3.08. The fourth-order valence-electron chi connectivity index (χ4n) is 2.84. The minimum absolute atomic E-state index is 0.165. The first kappa shape index (κ1) is 24.8. The van der Waals surface area contributed by atoms with Gasteiger partial charge in [0.25, 0.3) is 11.8 Å². The van der Waals surface area contributed by atoms with Crippen LogP contribution < -0.4 is 29.6 Å². The molecule has 0 aliphatic carbocycles. The van der Waals surface area contributed by atoms with Crippen LogP contribution >= 0.6 is 0 Å². The molecule has 0 aliphatic heterocycles. The molecule has 2 aromatic carbocycles. The third-order valence-electron chi connectivity index (χ3n) is 4.74. The summed E-state index contributed by atoms with van der Waals surface area (Å²) in [6, 6.07) is 13.9. The lowest BCUT2D eigenvalue weighted by atomic mass is 9.86. The average molecular weight is 445 g/mol. The summed E-state index contributed by atoms with van der Waals surface area (Å²) in [5.74, 6) is 1.48. The zero-order chi connectivity index (χ0) is 23.6. The molecule has 0 unspecified atom stereocenters. The van der Waals surface area contributed by atoms with Crippen molar-refractivity contribution in [3.63, 3.8) is 0 Å². The Kier molecular flexibility index (Phi) is 9.19. The van der Waals surface area contributed by atoms with Crippen molar-refractivity contribution >= 4 is 11.8 Å². The molecule has 0 fully saturated rings. The molecule has 32 heavy (non-hydrogen) atoms. The molecule has 2 N–H and O–H groups in total. The molecule has 2 amide bonds. The standard InChI is InChI=1S/C24H32N2O6/c1-24(2,3)21(26-23(28)16-32-20-13-9-7-11-18(20)30-5)14-25-22(27)15-31-19-12-8-6-10-17(19)29-4/h6-13,21H,14-16H2,1-5H3,(H,25,27)(H,26,28)/t21-/m1/s1. The Labute approximate surface area is 189 Å². The van der Waals surface area contributed by atoms with Gasteiger partial charge in [-0.1, -0.05) is 45.0 Å². The lowest BCUT2D eigenvalue weighted by molar-refractivity contribution is -0.126. The predicted molar refractivity (Wildman–Crippen MR) is 121 cm³/mol. The van der Waals surface area contributed by atoms with E-state index in [0.717, 1.165) is 0 Å². The molecule has 0 aromatic heterocycles. The largest absolute Gasteiger partial charge is 0.493 e. The first-order chi connectivity index (χ1) is 15.2. The van der Waals surface area contributed by atoms with Gasteiger partial charge in [-0.2, -0.15) is 0 Å². The molecule has 1 atom stereocenters. The van der Waals surface area contributed by atoms with E-state index in [2.05, 4.69) is 10.6 Å². The second kappa shape index (κ2) is 11.8. The Morgan fingerprint density at radius 2 is 1.22 bits per heavy atom. The molecule has 0 spiro atoms. The SMILES string of the molecule is COc1ccccc1OCC(=O)NC[C@@H](NC(=O)COc1ccccc1OC)C(C)(C)C. The zero-order valence-corrected chi connectivity index (χ0v) is 19.3. The van der Waals surface area contributed by atoms with E-state index in [1.54, 1.807) is 36.4 Å². The number of para-hydroxylation sites is 4. The molecule has 0 saturated heterocycles. The van der Waals surface area contributed by atoms with Crippen LogP contribution in [0.25, 0.3) is 0 Å². The molecule has 2 aromatic rings. The van der Waals surface area contributed by atoms with Gasteiger partial charge in [0.1, 0.15) is 0 Å². The number of nitrogens with one attached hydrogen (secondary N) is 2. The highest BCUT2D eigenvalue weighted by molar-refractivity contribution is 5.79. The third-order valence-corrected chi connectivity index (χ3v) is 4.74. The quantitative estimate of drug-likeness (QED) is 0.553. The first-order valence-electron chi connectivity index (χ1n) is 10.3. The molecular weight excluding hydrogens is 412 g/mol. The van der Waals surface area contributed by atoms with Crippen LogP contribution in [0, 0.1) is 5.41 Å². The summed E-state index contributed by atoms with van der Waals surface area (Å²) >= 11 is 0. The molecular formula is C24H32N2O6. The van der Waals surface area contributed by atoms with Crippen LogP contribution in [0.15, 0.2) is 48.5 Å². The minimum atomic E-state index is -0.313. The predicted octanol–water partition coefficient (Wildman–Crippen LogP) is 2.81.